The fourth-order valence-corrected chi connectivity index (χ4v) is 2.20. The van der Waals surface area contributed by atoms with Crippen molar-refractivity contribution in [3.05, 3.63) is 77.2 Å². The maximum Gasteiger partial charge on any atom is 0.0211 e. The Morgan fingerprint density at radius 1 is 0.750 bits per heavy atom. The molecular weight excluding hydrogens is 192 g/mol. The standard InChI is InChI=1S/C16H13/c1-12-6-2-5-9-16(12)15-10-13-7-3-4-8-14(13)11-15/h2-11H,1H3. The van der Waals surface area contributed by atoms with Crippen LogP contribution in [0.3, 0.4) is 0 Å². The van der Waals surface area contributed by atoms with Crippen molar-refractivity contribution in [2.45, 2.75) is 6.92 Å². The highest BCUT2D eigenvalue weighted by Gasteiger charge is 2.14. The van der Waals surface area contributed by atoms with Crippen molar-refractivity contribution < 1.29 is 0 Å². The van der Waals surface area contributed by atoms with Gasteiger partial charge in [0.2, 0.25) is 0 Å². The summed E-state index contributed by atoms with van der Waals surface area (Å²) in [6.07, 6.45) is 4.52. The topological polar surface area (TPSA) is 0 Å². The third-order valence-corrected chi connectivity index (χ3v) is 3.07. The van der Waals surface area contributed by atoms with Gasteiger partial charge in [0.1, 0.15) is 0 Å². The van der Waals surface area contributed by atoms with E-state index in [1.807, 2.05) is 0 Å². The van der Waals surface area contributed by atoms with Crippen LogP contribution in [-0.4, -0.2) is 0 Å². The molecule has 3 rings (SSSR count). The van der Waals surface area contributed by atoms with E-state index in [2.05, 4.69) is 68.0 Å². The highest BCUT2D eigenvalue weighted by Crippen LogP contribution is 2.34. The first-order chi connectivity index (χ1) is 7.84. The fraction of sp³-hybridized carbons (Fsp3) is 0.0625. The van der Waals surface area contributed by atoms with E-state index in [1.54, 1.807) is 0 Å². The predicted octanol–water partition coefficient (Wildman–Crippen LogP) is 4.10. The smallest absolute Gasteiger partial charge is 0.0211 e. The molecule has 0 aliphatic heterocycles. The number of fused-ring (bicyclic) bond motifs is 1. The second-order valence-corrected chi connectivity index (χ2v) is 4.19. The lowest BCUT2D eigenvalue weighted by molar-refractivity contribution is 1.42. The van der Waals surface area contributed by atoms with Gasteiger partial charge in [0.15, 0.2) is 0 Å². The van der Waals surface area contributed by atoms with Gasteiger partial charge < -0.3 is 0 Å². The first-order valence-corrected chi connectivity index (χ1v) is 5.56. The lowest BCUT2D eigenvalue weighted by Gasteiger charge is -2.05. The summed E-state index contributed by atoms with van der Waals surface area (Å²) in [7, 11) is 0. The molecule has 0 spiro atoms. The first kappa shape index (κ1) is 9.41. The molecule has 0 fully saturated rings. The molecule has 0 amide bonds. The molecular formula is C16H13. The summed E-state index contributed by atoms with van der Waals surface area (Å²) in [5.41, 5.74) is 6.62. The maximum absolute atomic E-state index is 2.26. The van der Waals surface area contributed by atoms with Crippen molar-refractivity contribution >= 4 is 11.6 Å². The molecule has 0 nitrogen and oxygen atoms in total. The van der Waals surface area contributed by atoms with Gasteiger partial charge in [-0.25, -0.2) is 0 Å². The number of hydrogen-bond acceptors (Lipinski definition) is 0. The number of allylic oxidation sites excluding steroid dienone is 1. The van der Waals surface area contributed by atoms with Crippen LogP contribution in [0.15, 0.2) is 48.5 Å². The van der Waals surface area contributed by atoms with E-state index in [1.165, 1.54) is 27.8 Å². The Morgan fingerprint density at radius 3 is 2.19 bits per heavy atom. The predicted molar refractivity (Wildman–Crippen MR) is 68.9 cm³/mol. The Kier molecular flexibility index (Phi) is 2.14. The highest BCUT2D eigenvalue weighted by atomic mass is 14.2. The zero-order chi connectivity index (χ0) is 11.0. The van der Waals surface area contributed by atoms with Crippen LogP contribution >= 0.6 is 0 Å². The van der Waals surface area contributed by atoms with Crippen molar-refractivity contribution in [3.8, 4) is 0 Å². The molecule has 1 radical (unpaired) electrons. The van der Waals surface area contributed by atoms with Gasteiger partial charge in [0, 0.05) is 6.42 Å². The van der Waals surface area contributed by atoms with Gasteiger partial charge in [-0.15, -0.1) is 0 Å². The van der Waals surface area contributed by atoms with E-state index in [9.17, 15) is 0 Å². The summed E-state index contributed by atoms with van der Waals surface area (Å²) in [4.78, 5) is 0. The second kappa shape index (κ2) is 3.64. The van der Waals surface area contributed by atoms with E-state index in [4.69, 9.17) is 0 Å². The molecule has 0 heteroatoms. The van der Waals surface area contributed by atoms with Crippen LogP contribution in [-0.2, 0) is 0 Å². The van der Waals surface area contributed by atoms with E-state index >= 15 is 0 Å². The van der Waals surface area contributed by atoms with Crippen molar-refractivity contribution in [2.75, 3.05) is 0 Å². The van der Waals surface area contributed by atoms with Gasteiger partial charge in [-0.05, 0) is 34.8 Å². The Balaban J connectivity index is 2.05. The molecule has 0 aromatic heterocycles. The molecule has 0 atom stereocenters. The molecule has 0 N–H and O–H groups in total. The van der Waals surface area contributed by atoms with Crippen molar-refractivity contribution in [1.29, 1.82) is 0 Å². The summed E-state index contributed by atoms with van der Waals surface area (Å²) in [5, 5.41) is 0. The van der Waals surface area contributed by atoms with E-state index in [0.29, 0.717) is 0 Å². The summed E-state index contributed by atoms with van der Waals surface area (Å²) in [6.45, 7) is 2.16. The van der Waals surface area contributed by atoms with E-state index < -0.39 is 0 Å². The Hall–Kier alpha value is -1.82. The molecule has 1 aliphatic rings. The van der Waals surface area contributed by atoms with E-state index in [0.717, 1.165) is 0 Å². The van der Waals surface area contributed by atoms with Crippen LogP contribution in [0.1, 0.15) is 22.3 Å². The lowest BCUT2D eigenvalue weighted by atomic mass is 9.99. The largest absolute Gasteiger partial charge is 0.0620 e. The zero-order valence-corrected chi connectivity index (χ0v) is 9.27. The van der Waals surface area contributed by atoms with Crippen molar-refractivity contribution in [1.82, 2.24) is 0 Å². The van der Waals surface area contributed by atoms with Gasteiger partial charge in [-0.1, -0.05) is 54.6 Å². The van der Waals surface area contributed by atoms with Gasteiger partial charge in [0.05, 0.1) is 0 Å². The third-order valence-electron chi connectivity index (χ3n) is 3.07. The maximum atomic E-state index is 2.26. The summed E-state index contributed by atoms with van der Waals surface area (Å²) in [5.74, 6) is 0. The first-order valence-electron chi connectivity index (χ1n) is 5.56. The Labute approximate surface area is 96.3 Å². The fourth-order valence-electron chi connectivity index (χ4n) is 2.20. The molecule has 0 saturated carbocycles. The Morgan fingerprint density at radius 2 is 1.44 bits per heavy atom. The summed E-state index contributed by atoms with van der Waals surface area (Å²) < 4.78 is 0. The zero-order valence-electron chi connectivity index (χ0n) is 9.27. The molecule has 2 aromatic rings. The van der Waals surface area contributed by atoms with Gasteiger partial charge in [0.25, 0.3) is 0 Å². The summed E-state index contributed by atoms with van der Waals surface area (Å²) in [6, 6.07) is 17.0. The molecule has 0 heterocycles. The SMILES string of the molecule is Cc1ccccc1C1=Cc2ccccc2[CH]1. The second-order valence-electron chi connectivity index (χ2n) is 4.19. The average Bonchev–Trinajstić information content (AvgIpc) is 2.73. The Bertz CT molecular complexity index is 562. The molecule has 0 saturated heterocycles. The normalized spacial score (nSPS) is 13.4. The van der Waals surface area contributed by atoms with Crippen LogP contribution in [0.25, 0.3) is 11.6 Å². The van der Waals surface area contributed by atoms with Crippen LogP contribution in [0, 0.1) is 13.3 Å². The number of hydrogen-bond donors (Lipinski definition) is 0. The molecule has 0 bridgehead atoms. The van der Waals surface area contributed by atoms with Crippen LogP contribution in [0.4, 0.5) is 0 Å². The summed E-state index contributed by atoms with van der Waals surface area (Å²) >= 11 is 0. The van der Waals surface area contributed by atoms with Crippen molar-refractivity contribution in [3.63, 3.8) is 0 Å². The quantitative estimate of drug-likeness (QED) is 0.657. The molecule has 16 heavy (non-hydrogen) atoms. The van der Waals surface area contributed by atoms with Crippen molar-refractivity contribution in [2.24, 2.45) is 0 Å². The molecule has 1 aliphatic carbocycles. The van der Waals surface area contributed by atoms with Gasteiger partial charge >= 0.3 is 0 Å². The molecule has 0 unspecified atom stereocenters. The molecule has 77 valence electrons. The van der Waals surface area contributed by atoms with Crippen LogP contribution in [0.2, 0.25) is 0 Å². The van der Waals surface area contributed by atoms with Crippen LogP contribution in [0.5, 0.6) is 0 Å². The highest BCUT2D eigenvalue weighted by molar-refractivity contribution is 5.95. The minimum Gasteiger partial charge on any atom is -0.0620 e. The van der Waals surface area contributed by atoms with E-state index in [-0.39, 0.29) is 0 Å². The minimum atomic E-state index is 1.32. The van der Waals surface area contributed by atoms with Gasteiger partial charge in [-0.2, -0.15) is 0 Å². The molecule has 2 aromatic carbocycles. The number of aryl methyl sites for hydroxylation is 1. The third kappa shape index (κ3) is 1.47. The lowest BCUT2D eigenvalue weighted by Crippen LogP contribution is -1.86. The van der Waals surface area contributed by atoms with Crippen LogP contribution < -0.4 is 0 Å². The minimum absolute atomic E-state index is 1.32. The average molecular weight is 205 g/mol. The van der Waals surface area contributed by atoms with Gasteiger partial charge in [-0.3, -0.25) is 0 Å². The number of benzene rings is 2. The monoisotopic (exact) mass is 205 g/mol. The number of rotatable bonds is 1.